The van der Waals surface area contributed by atoms with Crippen molar-refractivity contribution < 1.29 is 14.3 Å². The first-order chi connectivity index (χ1) is 15.1. The van der Waals surface area contributed by atoms with Crippen LogP contribution >= 0.6 is 11.8 Å². The molecule has 9 nitrogen and oxygen atoms in total. The van der Waals surface area contributed by atoms with Gasteiger partial charge >= 0.3 is 6.03 Å². The molecular formula is C21H26N6O3S. The summed E-state index contributed by atoms with van der Waals surface area (Å²) < 4.78 is 13.4. The fourth-order valence-corrected chi connectivity index (χ4v) is 3.71. The van der Waals surface area contributed by atoms with E-state index in [-0.39, 0.29) is 12.1 Å². The van der Waals surface area contributed by atoms with Gasteiger partial charge in [0.25, 0.3) is 5.78 Å². The van der Waals surface area contributed by atoms with Crippen molar-refractivity contribution in [1.82, 2.24) is 29.8 Å². The molecule has 1 unspecified atom stereocenters. The fraction of sp³-hybridized carbons (Fsp3) is 0.429. The highest BCUT2D eigenvalue weighted by atomic mass is 32.2. The van der Waals surface area contributed by atoms with Gasteiger partial charge in [-0.15, -0.1) is 5.10 Å². The topological polar surface area (TPSA) is 93.9 Å². The maximum Gasteiger partial charge on any atom is 0.317 e. The van der Waals surface area contributed by atoms with Crippen molar-refractivity contribution >= 4 is 23.6 Å². The van der Waals surface area contributed by atoms with Gasteiger partial charge in [0.1, 0.15) is 12.7 Å². The standard InChI is InChI=1S/C21H26N6O3S/c1-15-12-18(27-19(23-15)24-20(25-27)31-2)30-14-17-13-26(10-11-29-17)21(28)22-9-8-16-6-4-3-5-7-16/h3-7,12,17H,8-11,13-14H2,1-2H3,(H,22,28). The van der Waals surface area contributed by atoms with Gasteiger partial charge in [-0.05, 0) is 25.2 Å². The number of hydrogen-bond acceptors (Lipinski definition) is 7. The Morgan fingerprint density at radius 2 is 2.16 bits per heavy atom. The van der Waals surface area contributed by atoms with Crippen LogP contribution in [0.3, 0.4) is 0 Å². The summed E-state index contributed by atoms with van der Waals surface area (Å²) in [5.74, 6) is 1.06. The minimum absolute atomic E-state index is 0.0766. The van der Waals surface area contributed by atoms with E-state index in [2.05, 4.69) is 32.5 Å². The Labute approximate surface area is 185 Å². The Balaban J connectivity index is 1.30. The van der Waals surface area contributed by atoms with Crippen LogP contribution in [0.15, 0.2) is 41.6 Å². The van der Waals surface area contributed by atoms with Crippen molar-refractivity contribution in [2.45, 2.75) is 24.6 Å². The normalized spacial score (nSPS) is 16.5. The molecular weight excluding hydrogens is 416 g/mol. The van der Waals surface area contributed by atoms with Gasteiger partial charge < -0.3 is 19.7 Å². The molecule has 1 saturated heterocycles. The molecule has 0 radical (unpaired) electrons. The third kappa shape index (κ3) is 5.45. The summed E-state index contributed by atoms with van der Waals surface area (Å²) >= 11 is 1.45. The number of thioether (sulfide) groups is 1. The minimum Gasteiger partial charge on any atom is -0.475 e. The maximum atomic E-state index is 12.5. The van der Waals surface area contributed by atoms with Crippen molar-refractivity contribution in [3.63, 3.8) is 0 Å². The Hall–Kier alpha value is -2.85. The second kappa shape index (κ2) is 9.97. The van der Waals surface area contributed by atoms with Gasteiger partial charge in [0.2, 0.25) is 11.0 Å². The van der Waals surface area contributed by atoms with E-state index in [0.717, 1.165) is 12.1 Å². The zero-order chi connectivity index (χ0) is 21.6. The lowest BCUT2D eigenvalue weighted by molar-refractivity contribution is -0.0361. The molecule has 0 saturated carbocycles. The molecule has 10 heteroatoms. The molecule has 0 spiro atoms. The average molecular weight is 443 g/mol. The zero-order valence-electron chi connectivity index (χ0n) is 17.7. The average Bonchev–Trinajstić information content (AvgIpc) is 3.21. The first-order valence-corrected chi connectivity index (χ1v) is 11.4. The van der Waals surface area contributed by atoms with Crippen LogP contribution in [-0.2, 0) is 11.2 Å². The lowest BCUT2D eigenvalue weighted by atomic mass is 10.1. The van der Waals surface area contributed by atoms with Gasteiger partial charge in [0.05, 0.1) is 13.2 Å². The molecule has 1 aliphatic heterocycles. The highest BCUT2D eigenvalue weighted by molar-refractivity contribution is 7.98. The molecule has 0 bridgehead atoms. The summed E-state index contributed by atoms with van der Waals surface area (Å²) in [6, 6.07) is 11.9. The highest BCUT2D eigenvalue weighted by Crippen LogP contribution is 2.18. The van der Waals surface area contributed by atoms with Crippen LogP contribution < -0.4 is 10.1 Å². The van der Waals surface area contributed by atoms with Gasteiger partial charge in [-0.2, -0.15) is 9.50 Å². The van der Waals surface area contributed by atoms with Crippen molar-refractivity contribution in [3.05, 3.63) is 47.7 Å². The van der Waals surface area contributed by atoms with E-state index in [4.69, 9.17) is 9.47 Å². The maximum absolute atomic E-state index is 12.5. The van der Waals surface area contributed by atoms with E-state index in [9.17, 15) is 4.79 Å². The molecule has 31 heavy (non-hydrogen) atoms. The lowest BCUT2D eigenvalue weighted by Crippen LogP contribution is -2.51. The van der Waals surface area contributed by atoms with E-state index in [1.165, 1.54) is 17.3 Å². The van der Waals surface area contributed by atoms with Crippen LogP contribution in [0.25, 0.3) is 5.78 Å². The Morgan fingerprint density at radius 3 is 2.97 bits per heavy atom. The van der Waals surface area contributed by atoms with Crippen molar-refractivity contribution in [2.75, 3.05) is 39.1 Å². The fourth-order valence-electron chi connectivity index (χ4n) is 3.38. The number of urea groups is 1. The predicted octanol–water partition coefficient (Wildman–Crippen LogP) is 2.19. The number of benzene rings is 1. The number of amides is 2. The first-order valence-electron chi connectivity index (χ1n) is 10.2. The number of carbonyl (C=O) groups excluding carboxylic acids is 1. The van der Waals surface area contributed by atoms with Crippen LogP contribution in [0.2, 0.25) is 0 Å². The van der Waals surface area contributed by atoms with Crippen LogP contribution in [0, 0.1) is 6.92 Å². The lowest BCUT2D eigenvalue weighted by Gasteiger charge is -2.32. The molecule has 0 aliphatic carbocycles. The van der Waals surface area contributed by atoms with Crippen LogP contribution in [0.1, 0.15) is 11.3 Å². The Morgan fingerprint density at radius 1 is 1.32 bits per heavy atom. The van der Waals surface area contributed by atoms with E-state index in [0.29, 0.717) is 49.7 Å². The second-order valence-electron chi connectivity index (χ2n) is 7.26. The van der Waals surface area contributed by atoms with E-state index in [1.54, 1.807) is 9.42 Å². The summed E-state index contributed by atoms with van der Waals surface area (Å²) in [6.45, 7) is 4.30. The largest absolute Gasteiger partial charge is 0.475 e. The monoisotopic (exact) mass is 442 g/mol. The van der Waals surface area contributed by atoms with Gasteiger partial charge in [-0.1, -0.05) is 42.1 Å². The number of ether oxygens (including phenoxy) is 2. The number of nitrogens with zero attached hydrogens (tertiary/aromatic N) is 5. The van der Waals surface area contributed by atoms with Crippen molar-refractivity contribution in [3.8, 4) is 5.88 Å². The second-order valence-corrected chi connectivity index (χ2v) is 8.04. The number of aryl methyl sites for hydroxylation is 1. The third-order valence-corrected chi connectivity index (χ3v) is 5.48. The van der Waals surface area contributed by atoms with E-state index in [1.807, 2.05) is 37.4 Å². The quantitative estimate of drug-likeness (QED) is 0.561. The Bertz CT molecular complexity index is 1030. The van der Waals surface area contributed by atoms with Crippen LogP contribution in [0.5, 0.6) is 5.88 Å². The Kier molecular flexibility index (Phi) is 6.88. The van der Waals surface area contributed by atoms with Gasteiger partial charge in [-0.3, -0.25) is 0 Å². The molecule has 1 aromatic carbocycles. The smallest absolute Gasteiger partial charge is 0.317 e. The number of nitrogens with one attached hydrogen (secondary N) is 1. The van der Waals surface area contributed by atoms with Gasteiger partial charge in [0.15, 0.2) is 0 Å². The molecule has 164 valence electrons. The van der Waals surface area contributed by atoms with Crippen LogP contribution in [0.4, 0.5) is 4.79 Å². The number of hydrogen-bond donors (Lipinski definition) is 1. The molecule has 2 aromatic heterocycles. The molecule has 3 aromatic rings. The summed E-state index contributed by atoms with van der Waals surface area (Å²) in [7, 11) is 0. The number of morpholine rings is 1. The molecule has 1 fully saturated rings. The highest BCUT2D eigenvalue weighted by Gasteiger charge is 2.25. The molecule has 1 N–H and O–H groups in total. The van der Waals surface area contributed by atoms with Gasteiger partial charge in [-0.25, -0.2) is 9.78 Å². The SMILES string of the molecule is CSc1nc2nc(C)cc(OCC3CN(C(=O)NCCc4ccccc4)CCO3)n2n1. The third-order valence-electron chi connectivity index (χ3n) is 4.95. The van der Waals surface area contributed by atoms with E-state index < -0.39 is 0 Å². The first kappa shape index (κ1) is 21.4. The number of aromatic nitrogens is 4. The summed E-state index contributed by atoms with van der Waals surface area (Å²) in [4.78, 5) is 23.1. The predicted molar refractivity (Wildman–Crippen MR) is 118 cm³/mol. The molecule has 4 rings (SSSR count). The summed E-state index contributed by atoms with van der Waals surface area (Å²) in [6.07, 6.45) is 2.49. The van der Waals surface area contributed by atoms with Gasteiger partial charge in [0, 0.05) is 24.8 Å². The van der Waals surface area contributed by atoms with Crippen LogP contribution in [-0.4, -0.2) is 75.7 Å². The zero-order valence-corrected chi connectivity index (χ0v) is 18.5. The summed E-state index contributed by atoms with van der Waals surface area (Å²) in [5.41, 5.74) is 2.00. The number of carbonyl (C=O) groups is 1. The number of rotatable bonds is 7. The minimum atomic E-state index is -0.222. The summed E-state index contributed by atoms with van der Waals surface area (Å²) in [5, 5.41) is 8.03. The molecule has 2 amide bonds. The molecule has 1 aliphatic rings. The van der Waals surface area contributed by atoms with Crippen molar-refractivity contribution in [1.29, 1.82) is 0 Å². The molecule has 1 atom stereocenters. The number of fused-ring (bicyclic) bond motifs is 1. The molecule has 3 heterocycles. The van der Waals surface area contributed by atoms with E-state index >= 15 is 0 Å². The van der Waals surface area contributed by atoms with Crippen molar-refractivity contribution in [2.24, 2.45) is 0 Å².